The first-order valence-electron chi connectivity index (χ1n) is 8.00. The largest absolute Gasteiger partial charge is 0.469 e. The third kappa shape index (κ3) is 4.62. The van der Waals surface area contributed by atoms with Crippen molar-refractivity contribution in [1.29, 1.82) is 0 Å². The van der Waals surface area contributed by atoms with Crippen LogP contribution in [-0.2, 0) is 16.4 Å². The average molecular weight is 385 g/mol. The molecule has 2 rings (SSSR count). The molecule has 1 heterocycles. The molecule has 0 aliphatic heterocycles. The second-order valence-electron chi connectivity index (χ2n) is 5.32. The summed E-state index contributed by atoms with van der Waals surface area (Å²) in [6.07, 6.45) is 2.10. The quantitative estimate of drug-likeness (QED) is 0.758. The van der Waals surface area contributed by atoms with E-state index in [0.29, 0.717) is 26.1 Å². The molecule has 25 heavy (non-hydrogen) atoms. The normalized spacial score (nSPS) is 11.7. The molecule has 6 nitrogen and oxygen atoms in total. The van der Waals surface area contributed by atoms with Crippen molar-refractivity contribution in [3.05, 3.63) is 52.9 Å². The molecule has 0 saturated carbocycles. The number of nitrogens with zero attached hydrogens (tertiary/aromatic N) is 1. The summed E-state index contributed by atoms with van der Waals surface area (Å²) in [6, 6.07) is 7.75. The predicted molar refractivity (Wildman–Crippen MR) is 96.3 cm³/mol. The number of hydrogen-bond acceptors (Lipinski definition) is 4. The standard InChI is InChI=1S/C17H21ClN2O4S/c1-3-20(4-2)25(22,23)14-7-8-16(18)15(12-14)17(21)19-10-9-13-6-5-11-24-13/h5-8,11-12H,3-4,9-10H2,1-2H3,(H,19,21). The zero-order chi connectivity index (χ0) is 18.4. The Morgan fingerprint density at radius 1 is 1.24 bits per heavy atom. The summed E-state index contributed by atoms with van der Waals surface area (Å²) in [6.45, 7) is 4.59. The zero-order valence-electron chi connectivity index (χ0n) is 14.2. The SMILES string of the molecule is CCN(CC)S(=O)(=O)c1ccc(Cl)c(C(=O)NCCc2ccco2)c1. The van der Waals surface area contributed by atoms with Gasteiger partial charge >= 0.3 is 0 Å². The van der Waals surface area contributed by atoms with E-state index in [1.807, 2.05) is 6.07 Å². The molecule has 2 aromatic rings. The minimum Gasteiger partial charge on any atom is -0.469 e. The Bertz CT molecular complexity index is 815. The number of amides is 1. The van der Waals surface area contributed by atoms with E-state index < -0.39 is 15.9 Å². The van der Waals surface area contributed by atoms with Crippen LogP contribution in [0, 0.1) is 0 Å². The van der Waals surface area contributed by atoms with E-state index in [-0.39, 0.29) is 15.5 Å². The number of carbonyl (C=O) groups excluding carboxylic acids is 1. The summed E-state index contributed by atoms with van der Waals surface area (Å²) in [5.74, 6) is 0.331. The Kier molecular flexibility index (Phi) is 6.64. The first kappa shape index (κ1) is 19.5. The number of nitrogens with one attached hydrogen (secondary N) is 1. The van der Waals surface area contributed by atoms with Crippen LogP contribution in [0.2, 0.25) is 5.02 Å². The van der Waals surface area contributed by atoms with Crippen LogP contribution < -0.4 is 5.32 Å². The first-order valence-corrected chi connectivity index (χ1v) is 9.82. The molecule has 0 atom stereocenters. The molecule has 136 valence electrons. The zero-order valence-corrected chi connectivity index (χ0v) is 15.7. The summed E-state index contributed by atoms with van der Waals surface area (Å²) in [5, 5.41) is 2.92. The van der Waals surface area contributed by atoms with Gasteiger partial charge in [-0.25, -0.2) is 8.42 Å². The fourth-order valence-electron chi connectivity index (χ4n) is 2.40. The van der Waals surface area contributed by atoms with Gasteiger partial charge in [0.2, 0.25) is 10.0 Å². The third-order valence-corrected chi connectivity index (χ3v) is 6.14. The van der Waals surface area contributed by atoms with Gasteiger partial charge in [0.05, 0.1) is 21.7 Å². The van der Waals surface area contributed by atoms with Gasteiger partial charge in [-0.2, -0.15) is 4.31 Å². The Hall–Kier alpha value is -1.83. The van der Waals surface area contributed by atoms with Crippen molar-refractivity contribution in [2.24, 2.45) is 0 Å². The van der Waals surface area contributed by atoms with Crippen molar-refractivity contribution in [2.45, 2.75) is 25.2 Å². The van der Waals surface area contributed by atoms with Crippen LogP contribution in [0.4, 0.5) is 0 Å². The number of sulfonamides is 1. The lowest BCUT2D eigenvalue weighted by molar-refractivity contribution is 0.0953. The van der Waals surface area contributed by atoms with Gasteiger partial charge in [0.25, 0.3) is 5.91 Å². The Labute approximate surface area is 152 Å². The molecule has 0 bridgehead atoms. The molecule has 8 heteroatoms. The van der Waals surface area contributed by atoms with Crippen molar-refractivity contribution in [2.75, 3.05) is 19.6 Å². The lowest BCUT2D eigenvalue weighted by Gasteiger charge is -2.19. The number of rotatable bonds is 8. The van der Waals surface area contributed by atoms with Gasteiger partial charge in [0.15, 0.2) is 0 Å². The van der Waals surface area contributed by atoms with Crippen molar-refractivity contribution in [3.63, 3.8) is 0 Å². The molecule has 0 saturated heterocycles. The summed E-state index contributed by atoms with van der Waals surface area (Å²) >= 11 is 6.08. The highest BCUT2D eigenvalue weighted by atomic mass is 35.5. The van der Waals surface area contributed by atoms with E-state index in [9.17, 15) is 13.2 Å². The van der Waals surface area contributed by atoms with Crippen LogP contribution in [0.5, 0.6) is 0 Å². The van der Waals surface area contributed by atoms with Gasteiger partial charge in [0.1, 0.15) is 5.76 Å². The van der Waals surface area contributed by atoms with Crippen molar-refractivity contribution < 1.29 is 17.6 Å². The van der Waals surface area contributed by atoms with E-state index in [4.69, 9.17) is 16.0 Å². The van der Waals surface area contributed by atoms with Crippen LogP contribution in [-0.4, -0.2) is 38.3 Å². The number of furan rings is 1. The van der Waals surface area contributed by atoms with E-state index in [2.05, 4.69) is 5.32 Å². The number of carbonyl (C=O) groups is 1. The van der Waals surface area contributed by atoms with E-state index in [1.54, 1.807) is 26.2 Å². The van der Waals surface area contributed by atoms with Gasteiger partial charge in [0, 0.05) is 26.1 Å². The van der Waals surface area contributed by atoms with E-state index in [0.717, 1.165) is 5.76 Å². The van der Waals surface area contributed by atoms with Crippen LogP contribution in [0.1, 0.15) is 30.0 Å². The van der Waals surface area contributed by atoms with Crippen LogP contribution in [0.25, 0.3) is 0 Å². The topological polar surface area (TPSA) is 79.6 Å². The second-order valence-corrected chi connectivity index (χ2v) is 7.66. The summed E-state index contributed by atoms with van der Waals surface area (Å²) in [7, 11) is -3.65. The van der Waals surface area contributed by atoms with Gasteiger partial charge in [-0.05, 0) is 30.3 Å². The van der Waals surface area contributed by atoms with Crippen molar-refractivity contribution >= 4 is 27.5 Å². The molecule has 0 spiro atoms. The lowest BCUT2D eigenvalue weighted by Crippen LogP contribution is -2.31. The van der Waals surface area contributed by atoms with Crippen LogP contribution >= 0.6 is 11.6 Å². The molecule has 1 N–H and O–H groups in total. The van der Waals surface area contributed by atoms with E-state index >= 15 is 0 Å². The maximum Gasteiger partial charge on any atom is 0.252 e. The molecule has 0 aliphatic rings. The van der Waals surface area contributed by atoms with Gasteiger partial charge in [-0.15, -0.1) is 0 Å². The molecule has 0 radical (unpaired) electrons. The fourth-order valence-corrected chi connectivity index (χ4v) is 4.09. The molecule has 0 unspecified atom stereocenters. The Morgan fingerprint density at radius 2 is 1.96 bits per heavy atom. The van der Waals surface area contributed by atoms with Crippen LogP contribution in [0.15, 0.2) is 45.9 Å². The highest BCUT2D eigenvalue weighted by molar-refractivity contribution is 7.89. The van der Waals surface area contributed by atoms with Gasteiger partial charge in [-0.1, -0.05) is 25.4 Å². The van der Waals surface area contributed by atoms with Gasteiger partial charge < -0.3 is 9.73 Å². The summed E-state index contributed by atoms with van der Waals surface area (Å²) in [4.78, 5) is 12.4. The fraction of sp³-hybridized carbons (Fsp3) is 0.353. The maximum absolute atomic E-state index is 12.6. The molecule has 0 fully saturated rings. The number of halogens is 1. The minimum absolute atomic E-state index is 0.0526. The smallest absolute Gasteiger partial charge is 0.252 e. The van der Waals surface area contributed by atoms with E-state index in [1.165, 1.54) is 22.5 Å². The van der Waals surface area contributed by atoms with Crippen LogP contribution in [0.3, 0.4) is 0 Å². The summed E-state index contributed by atoms with van der Waals surface area (Å²) in [5.41, 5.74) is 0.134. The molecular formula is C17H21ClN2O4S. The highest BCUT2D eigenvalue weighted by Crippen LogP contribution is 2.23. The molecule has 1 aromatic heterocycles. The number of benzene rings is 1. The predicted octanol–water partition coefficient (Wildman–Crippen LogP) is 2.94. The molecule has 1 amide bonds. The highest BCUT2D eigenvalue weighted by Gasteiger charge is 2.23. The molecule has 0 aliphatic carbocycles. The average Bonchev–Trinajstić information content (AvgIpc) is 3.09. The third-order valence-electron chi connectivity index (χ3n) is 3.76. The van der Waals surface area contributed by atoms with Crippen molar-refractivity contribution in [1.82, 2.24) is 9.62 Å². The first-order chi connectivity index (χ1) is 11.9. The Balaban J connectivity index is 2.16. The lowest BCUT2D eigenvalue weighted by atomic mass is 10.2. The second kappa shape index (κ2) is 8.51. The minimum atomic E-state index is -3.65. The monoisotopic (exact) mass is 384 g/mol. The van der Waals surface area contributed by atoms with Crippen molar-refractivity contribution in [3.8, 4) is 0 Å². The Morgan fingerprint density at radius 3 is 2.56 bits per heavy atom. The molecular weight excluding hydrogens is 364 g/mol. The van der Waals surface area contributed by atoms with Gasteiger partial charge in [-0.3, -0.25) is 4.79 Å². The summed E-state index contributed by atoms with van der Waals surface area (Å²) < 4.78 is 31.7. The maximum atomic E-state index is 12.6. The molecule has 1 aromatic carbocycles. The number of hydrogen-bond donors (Lipinski definition) is 1.